The SMILES string of the molecule is COc1ccc(-n2nc(-c3cccc(OC)c3)cc2C(=O)NC(Cc2ccccc2)c2ccccc2)cc1. The van der Waals surface area contributed by atoms with Gasteiger partial charge in [0, 0.05) is 5.56 Å². The predicted molar refractivity (Wildman–Crippen MR) is 149 cm³/mol. The van der Waals surface area contributed by atoms with Crippen molar-refractivity contribution in [2.24, 2.45) is 0 Å². The fourth-order valence-corrected chi connectivity index (χ4v) is 4.41. The minimum Gasteiger partial charge on any atom is -0.497 e. The van der Waals surface area contributed by atoms with E-state index in [1.165, 1.54) is 0 Å². The first kappa shape index (κ1) is 24.8. The van der Waals surface area contributed by atoms with E-state index in [0.29, 0.717) is 17.8 Å². The molecular formula is C32H29N3O3. The molecule has 1 unspecified atom stereocenters. The summed E-state index contributed by atoms with van der Waals surface area (Å²) >= 11 is 0. The molecule has 1 amide bonds. The summed E-state index contributed by atoms with van der Waals surface area (Å²) in [6, 6.07) is 36.9. The lowest BCUT2D eigenvalue weighted by Gasteiger charge is -2.20. The molecule has 0 bridgehead atoms. The molecule has 1 aromatic heterocycles. The van der Waals surface area contributed by atoms with Crippen molar-refractivity contribution in [3.8, 4) is 28.4 Å². The number of nitrogens with zero attached hydrogens (tertiary/aromatic N) is 2. The van der Waals surface area contributed by atoms with Gasteiger partial charge in [0.25, 0.3) is 5.91 Å². The van der Waals surface area contributed by atoms with Gasteiger partial charge in [-0.05, 0) is 60.0 Å². The van der Waals surface area contributed by atoms with E-state index < -0.39 is 0 Å². The van der Waals surface area contributed by atoms with Gasteiger partial charge in [-0.25, -0.2) is 4.68 Å². The van der Waals surface area contributed by atoms with E-state index in [4.69, 9.17) is 14.6 Å². The number of aromatic nitrogens is 2. The van der Waals surface area contributed by atoms with Crippen LogP contribution >= 0.6 is 0 Å². The summed E-state index contributed by atoms with van der Waals surface area (Å²) in [5.41, 5.74) is 4.89. The zero-order valence-corrected chi connectivity index (χ0v) is 21.4. The van der Waals surface area contributed by atoms with Crippen molar-refractivity contribution in [3.63, 3.8) is 0 Å². The van der Waals surface area contributed by atoms with E-state index >= 15 is 0 Å². The molecule has 1 atom stereocenters. The van der Waals surface area contributed by atoms with Crippen LogP contribution in [0.3, 0.4) is 0 Å². The molecule has 1 heterocycles. The molecule has 5 rings (SSSR count). The monoisotopic (exact) mass is 503 g/mol. The van der Waals surface area contributed by atoms with Crippen molar-refractivity contribution >= 4 is 5.91 Å². The number of rotatable bonds is 9. The Hall–Kier alpha value is -4.84. The number of carbonyl (C=O) groups is 1. The van der Waals surface area contributed by atoms with Gasteiger partial charge in [-0.3, -0.25) is 4.79 Å². The molecule has 0 aliphatic carbocycles. The number of hydrogen-bond acceptors (Lipinski definition) is 4. The van der Waals surface area contributed by atoms with E-state index in [-0.39, 0.29) is 11.9 Å². The fourth-order valence-electron chi connectivity index (χ4n) is 4.41. The highest BCUT2D eigenvalue weighted by atomic mass is 16.5. The van der Waals surface area contributed by atoms with Gasteiger partial charge in [0.2, 0.25) is 0 Å². The maximum absolute atomic E-state index is 13.9. The first-order valence-corrected chi connectivity index (χ1v) is 12.4. The molecule has 6 heteroatoms. The van der Waals surface area contributed by atoms with Crippen LogP contribution in [0.15, 0.2) is 115 Å². The second-order valence-electron chi connectivity index (χ2n) is 8.88. The highest BCUT2D eigenvalue weighted by Gasteiger charge is 2.22. The summed E-state index contributed by atoms with van der Waals surface area (Å²) < 4.78 is 12.4. The highest BCUT2D eigenvalue weighted by molar-refractivity contribution is 5.94. The summed E-state index contributed by atoms with van der Waals surface area (Å²) in [5.74, 6) is 1.23. The summed E-state index contributed by atoms with van der Waals surface area (Å²) in [6.45, 7) is 0. The first-order chi connectivity index (χ1) is 18.6. The van der Waals surface area contributed by atoms with Gasteiger partial charge >= 0.3 is 0 Å². The van der Waals surface area contributed by atoms with E-state index in [2.05, 4.69) is 17.4 Å². The molecule has 0 aliphatic rings. The van der Waals surface area contributed by atoms with Crippen molar-refractivity contribution in [2.75, 3.05) is 14.2 Å². The van der Waals surface area contributed by atoms with Crippen LogP contribution < -0.4 is 14.8 Å². The van der Waals surface area contributed by atoms with Crippen molar-refractivity contribution < 1.29 is 14.3 Å². The summed E-state index contributed by atoms with van der Waals surface area (Å²) in [4.78, 5) is 13.9. The van der Waals surface area contributed by atoms with Crippen LogP contribution in [0.4, 0.5) is 0 Å². The Labute approximate surface area is 222 Å². The number of methoxy groups -OCH3 is 2. The minimum atomic E-state index is -0.217. The lowest BCUT2D eigenvalue weighted by molar-refractivity contribution is 0.0928. The van der Waals surface area contributed by atoms with Crippen LogP contribution in [-0.2, 0) is 6.42 Å². The highest BCUT2D eigenvalue weighted by Crippen LogP contribution is 2.27. The third-order valence-electron chi connectivity index (χ3n) is 6.41. The third-order valence-corrected chi connectivity index (χ3v) is 6.41. The predicted octanol–water partition coefficient (Wildman–Crippen LogP) is 6.27. The van der Waals surface area contributed by atoms with Crippen LogP contribution in [0.1, 0.15) is 27.7 Å². The van der Waals surface area contributed by atoms with E-state index in [1.807, 2.05) is 103 Å². The van der Waals surface area contributed by atoms with E-state index in [9.17, 15) is 4.79 Å². The Morgan fingerprint density at radius 1 is 0.789 bits per heavy atom. The summed E-state index contributed by atoms with van der Waals surface area (Å²) in [5, 5.41) is 8.10. The maximum atomic E-state index is 13.9. The number of hydrogen-bond donors (Lipinski definition) is 1. The van der Waals surface area contributed by atoms with Gasteiger partial charge in [0.1, 0.15) is 17.2 Å². The second kappa shape index (κ2) is 11.5. The number of amides is 1. The lowest BCUT2D eigenvalue weighted by Crippen LogP contribution is -2.31. The molecule has 0 spiro atoms. The average Bonchev–Trinajstić information content (AvgIpc) is 3.44. The van der Waals surface area contributed by atoms with Gasteiger partial charge in [-0.2, -0.15) is 5.10 Å². The topological polar surface area (TPSA) is 65.4 Å². The van der Waals surface area contributed by atoms with Crippen molar-refractivity contribution in [1.29, 1.82) is 0 Å². The molecule has 0 fully saturated rings. The first-order valence-electron chi connectivity index (χ1n) is 12.4. The quantitative estimate of drug-likeness (QED) is 0.257. The lowest BCUT2D eigenvalue weighted by atomic mass is 9.98. The Morgan fingerprint density at radius 3 is 2.16 bits per heavy atom. The Kier molecular flexibility index (Phi) is 7.50. The van der Waals surface area contributed by atoms with Gasteiger partial charge in [0.15, 0.2) is 0 Å². The molecule has 190 valence electrons. The molecule has 5 aromatic rings. The van der Waals surface area contributed by atoms with Crippen molar-refractivity contribution in [1.82, 2.24) is 15.1 Å². The molecular weight excluding hydrogens is 474 g/mol. The van der Waals surface area contributed by atoms with Gasteiger partial charge < -0.3 is 14.8 Å². The number of nitrogens with one attached hydrogen (secondary N) is 1. The summed E-state index contributed by atoms with van der Waals surface area (Å²) in [7, 11) is 3.25. The van der Waals surface area contributed by atoms with Gasteiger partial charge in [-0.1, -0.05) is 72.8 Å². The standard InChI is InChI=1S/C32H29N3O3/c1-37-27-18-16-26(17-19-27)35-31(22-30(34-35)25-14-9-15-28(21-25)38-2)32(36)33-29(24-12-7-4-8-13-24)20-23-10-5-3-6-11-23/h3-19,21-22,29H,20H2,1-2H3,(H,33,36). The van der Waals surface area contributed by atoms with E-state index in [0.717, 1.165) is 33.9 Å². The molecule has 0 saturated carbocycles. The number of carbonyl (C=O) groups excluding carboxylic acids is 1. The van der Waals surface area contributed by atoms with Crippen LogP contribution in [0.5, 0.6) is 11.5 Å². The third kappa shape index (κ3) is 5.60. The van der Waals surface area contributed by atoms with Crippen molar-refractivity contribution in [3.05, 3.63) is 132 Å². The Morgan fingerprint density at radius 2 is 1.47 bits per heavy atom. The summed E-state index contributed by atoms with van der Waals surface area (Å²) in [6.07, 6.45) is 0.663. The Bertz CT molecular complexity index is 1500. The molecule has 0 saturated heterocycles. The average molecular weight is 504 g/mol. The number of benzene rings is 4. The molecule has 1 N–H and O–H groups in total. The van der Waals surface area contributed by atoms with Gasteiger partial charge in [-0.15, -0.1) is 0 Å². The smallest absolute Gasteiger partial charge is 0.270 e. The molecule has 38 heavy (non-hydrogen) atoms. The largest absolute Gasteiger partial charge is 0.497 e. The molecule has 0 aliphatic heterocycles. The van der Waals surface area contributed by atoms with Crippen LogP contribution in [0, 0.1) is 0 Å². The molecule has 6 nitrogen and oxygen atoms in total. The van der Waals surface area contributed by atoms with Crippen LogP contribution in [0.2, 0.25) is 0 Å². The van der Waals surface area contributed by atoms with Crippen LogP contribution in [-0.4, -0.2) is 29.9 Å². The molecule has 4 aromatic carbocycles. The van der Waals surface area contributed by atoms with E-state index in [1.54, 1.807) is 18.9 Å². The second-order valence-corrected chi connectivity index (χ2v) is 8.88. The Balaban J connectivity index is 1.53. The molecule has 0 radical (unpaired) electrons. The van der Waals surface area contributed by atoms with Crippen LogP contribution in [0.25, 0.3) is 16.9 Å². The number of ether oxygens (including phenoxy) is 2. The van der Waals surface area contributed by atoms with Crippen molar-refractivity contribution in [2.45, 2.75) is 12.5 Å². The van der Waals surface area contributed by atoms with Gasteiger partial charge in [0.05, 0.1) is 31.6 Å². The normalized spacial score (nSPS) is 11.5. The zero-order chi connectivity index (χ0) is 26.3. The minimum absolute atomic E-state index is 0.216. The maximum Gasteiger partial charge on any atom is 0.270 e. The zero-order valence-electron chi connectivity index (χ0n) is 21.4. The fraction of sp³-hybridized carbons (Fsp3) is 0.125.